The van der Waals surface area contributed by atoms with Gasteiger partial charge in [0, 0.05) is 18.1 Å². The summed E-state index contributed by atoms with van der Waals surface area (Å²) in [5, 5.41) is 5.76. The van der Waals surface area contributed by atoms with Crippen molar-refractivity contribution in [3.63, 3.8) is 0 Å². The second-order valence-electron chi connectivity index (χ2n) is 4.18. The number of thiophene rings is 1. The van der Waals surface area contributed by atoms with E-state index in [0.29, 0.717) is 11.0 Å². The highest BCUT2D eigenvalue weighted by Gasteiger charge is 2.15. The first-order chi connectivity index (χ1) is 8.56. The van der Waals surface area contributed by atoms with Crippen molar-refractivity contribution in [1.29, 1.82) is 0 Å². The summed E-state index contributed by atoms with van der Waals surface area (Å²) in [6, 6.07) is 1.88. The summed E-state index contributed by atoms with van der Waals surface area (Å²) >= 11 is 7.90. The van der Waals surface area contributed by atoms with Crippen molar-refractivity contribution in [2.75, 3.05) is 0 Å². The Balaban J connectivity index is 2.27. The summed E-state index contributed by atoms with van der Waals surface area (Å²) in [6.45, 7) is 4.11. The SMILES string of the molecule is Cc1sc2nc(-c3ccn(C)n3)nc(Cl)c2c1C. The average molecular weight is 279 g/mol. The van der Waals surface area contributed by atoms with E-state index in [0.717, 1.165) is 21.5 Å². The van der Waals surface area contributed by atoms with Gasteiger partial charge in [-0.15, -0.1) is 11.3 Å². The summed E-state index contributed by atoms with van der Waals surface area (Å²) in [6.07, 6.45) is 1.86. The number of aryl methyl sites for hydroxylation is 3. The van der Waals surface area contributed by atoms with Crippen molar-refractivity contribution in [3.05, 3.63) is 27.9 Å². The average Bonchev–Trinajstić information content (AvgIpc) is 2.85. The number of fused-ring (bicyclic) bond motifs is 1. The molecule has 4 nitrogen and oxygen atoms in total. The zero-order valence-electron chi connectivity index (χ0n) is 10.2. The molecule has 92 valence electrons. The summed E-state index contributed by atoms with van der Waals surface area (Å²) in [5.41, 5.74) is 1.90. The molecule has 0 radical (unpaired) electrons. The molecule has 0 amide bonds. The molecule has 0 saturated heterocycles. The van der Waals surface area contributed by atoms with Crippen molar-refractivity contribution in [3.8, 4) is 11.5 Å². The van der Waals surface area contributed by atoms with Gasteiger partial charge in [-0.3, -0.25) is 4.68 Å². The maximum Gasteiger partial charge on any atom is 0.182 e. The number of halogens is 1. The summed E-state index contributed by atoms with van der Waals surface area (Å²) in [4.78, 5) is 11.0. The molecule has 0 N–H and O–H groups in total. The van der Waals surface area contributed by atoms with E-state index in [1.807, 2.05) is 26.2 Å². The minimum atomic E-state index is 0.502. The molecule has 0 bridgehead atoms. The first-order valence-corrected chi connectivity index (χ1v) is 6.69. The number of nitrogens with zero attached hydrogens (tertiary/aromatic N) is 4. The Morgan fingerprint density at radius 1 is 1.28 bits per heavy atom. The number of hydrogen-bond donors (Lipinski definition) is 0. The van der Waals surface area contributed by atoms with Crippen molar-refractivity contribution < 1.29 is 0 Å². The highest BCUT2D eigenvalue weighted by molar-refractivity contribution is 7.18. The van der Waals surface area contributed by atoms with Crippen LogP contribution in [0, 0.1) is 13.8 Å². The zero-order valence-corrected chi connectivity index (χ0v) is 11.8. The van der Waals surface area contributed by atoms with Crippen molar-refractivity contribution in [1.82, 2.24) is 19.7 Å². The highest BCUT2D eigenvalue weighted by atomic mass is 35.5. The third kappa shape index (κ3) is 1.71. The molecule has 3 rings (SSSR count). The first kappa shape index (κ1) is 11.6. The summed E-state index contributed by atoms with van der Waals surface area (Å²) in [7, 11) is 1.86. The van der Waals surface area contributed by atoms with E-state index < -0.39 is 0 Å². The molecule has 0 unspecified atom stereocenters. The maximum absolute atomic E-state index is 6.26. The Bertz CT molecular complexity index is 744. The van der Waals surface area contributed by atoms with Crippen molar-refractivity contribution in [2.24, 2.45) is 7.05 Å². The fraction of sp³-hybridized carbons (Fsp3) is 0.250. The van der Waals surface area contributed by atoms with Crippen molar-refractivity contribution in [2.45, 2.75) is 13.8 Å². The maximum atomic E-state index is 6.26. The van der Waals surface area contributed by atoms with Gasteiger partial charge >= 0.3 is 0 Å². The minimum Gasteiger partial charge on any atom is -0.275 e. The van der Waals surface area contributed by atoms with Gasteiger partial charge in [-0.2, -0.15) is 5.10 Å². The predicted molar refractivity (Wildman–Crippen MR) is 74.1 cm³/mol. The van der Waals surface area contributed by atoms with Gasteiger partial charge < -0.3 is 0 Å². The van der Waals surface area contributed by atoms with Crippen LogP contribution in [-0.2, 0) is 7.05 Å². The summed E-state index contributed by atoms with van der Waals surface area (Å²) in [5.74, 6) is 0.578. The van der Waals surface area contributed by atoms with E-state index in [4.69, 9.17) is 11.6 Å². The third-order valence-corrected chi connectivity index (χ3v) is 4.30. The Hall–Kier alpha value is -1.46. The Labute approximate surface area is 113 Å². The molecule has 3 aromatic rings. The molecule has 0 aliphatic carbocycles. The van der Waals surface area contributed by atoms with Crippen LogP contribution in [0.4, 0.5) is 0 Å². The van der Waals surface area contributed by atoms with Crippen LogP contribution in [-0.4, -0.2) is 19.7 Å². The Morgan fingerprint density at radius 3 is 2.72 bits per heavy atom. The van der Waals surface area contributed by atoms with Gasteiger partial charge in [-0.1, -0.05) is 11.6 Å². The van der Waals surface area contributed by atoms with Gasteiger partial charge in [-0.05, 0) is 25.5 Å². The zero-order chi connectivity index (χ0) is 12.9. The summed E-state index contributed by atoms with van der Waals surface area (Å²) < 4.78 is 1.72. The van der Waals surface area contributed by atoms with Gasteiger partial charge in [-0.25, -0.2) is 9.97 Å². The molecule has 0 aromatic carbocycles. The van der Waals surface area contributed by atoms with Gasteiger partial charge in [0.25, 0.3) is 0 Å². The van der Waals surface area contributed by atoms with Crippen LogP contribution in [0.3, 0.4) is 0 Å². The minimum absolute atomic E-state index is 0.502. The fourth-order valence-electron chi connectivity index (χ4n) is 1.85. The topological polar surface area (TPSA) is 43.6 Å². The molecule has 0 saturated carbocycles. The standard InChI is InChI=1S/C12H11ClN4S/c1-6-7(2)18-12-9(6)10(13)14-11(15-12)8-4-5-17(3)16-8/h4-5H,1-3H3. The number of hydrogen-bond acceptors (Lipinski definition) is 4. The molecule has 3 heterocycles. The smallest absolute Gasteiger partial charge is 0.182 e. The molecule has 0 aliphatic rings. The van der Waals surface area contributed by atoms with Gasteiger partial charge in [0.1, 0.15) is 15.7 Å². The molecule has 0 spiro atoms. The van der Waals surface area contributed by atoms with Crippen LogP contribution >= 0.6 is 22.9 Å². The lowest BCUT2D eigenvalue weighted by Crippen LogP contribution is -1.93. The van der Waals surface area contributed by atoms with Crippen LogP contribution in [0.5, 0.6) is 0 Å². The fourth-order valence-corrected chi connectivity index (χ4v) is 3.25. The molecule has 3 aromatic heterocycles. The van der Waals surface area contributed by atoms with E-state index in [1.165, 1.54) is 4.88 Å². The molecular weight excluding hydrogens is 268 g/mol. The van der Waals surface area contributed by atoms with Crippen LogP contribution in [0.15, 0.2) is 12.3 Å². The lowest BCUT2D eigenvalue weighted by atomic mass is 10.2. The lowest BCUT2D eigenvalue weighted by Gasteiger charge is -1.99. The molecule has 18 heavy (non-hydrogen) atoms. The van der Waals surface area contributed by atoms with E-state index in [1.54, 1.807) is 16.0 Å². The number of rotatable bonds is 1. The van der Waals surface area contributed by atoms with Gasteiger partial charge in [0.2, 0.25) is 0 Å². The monoisotopic (exact) mass is 278 g/mol. The molecular formula is C12H11ClN4S. The quantitative estimate of drug-likeness (QED) is 0.641. The third-order valence-electron chi connectivity index (χ3n) is 2.93. The van der Waals surface area contributed by atoms with E-state index >= 15 is 0 Å². The highest BCUT2D eigenvalue weighted by Crippen LogP contribution is 2.34. The molecule has 0 aliphatic heterocycles. The van der Waals surface area contributed by atoms with Crippen molar-refractivity contribution >= 4 is 33.2 Å². The molecule has 0 fully saturated rings. The van der Waals surface area contributed by atoms with Gasteiger partial charge in [0.15, 0.2) is 5.82 Å². The predicted octanol–water partition coefficient (Wildman–Crippen LogP) is 3.36. The van der Waals surface area contributed by atoms with Crippen LogP contribution in [0.1, 0.15) is 10.4 Å². The normalized spacial score (nSPS) is 11.3. The van der Waals surface area contributed by atoms with E-state index in [-0.39, 0.29) is 0 Å². The van der Waals surface area contributed by atoms with E-state index in [2.05, 4.69) is 22.0 Å². The lowest BCUT2D eigenvalue weighted by molar-refractivity contribution is 0.769. The Morgan fingerprint density at radius 2 is 2.06 bits per heavy atom. The second kappa shape index (κ2) is 4.03. The Kier molecular flexibility index (Phi) is 2.60. The van der Waals surface area contributed by atoms with Crippen LogP contribution < -0.4 is 0 Å². The largest absolute Gasteiger partial charge is 0.275 e. The second-order valence-corrected chi connectivity index (χ2v) is 5.74. The van der Waals surface area contributed by atoms with E-state index in [9.17, 15) is 0 Å². The van der Waals surface area contributed by atoms with Crippen LogP contribution in [0.25, 0.3) is 21.7 Å². The molecule has 0 atom stereocenters. The number of aromatic nitrogens is 4. The van der Waals surface area contributed by atoms with Gasteiger partial charge in [0.05, 0.1) is 5.39 Å². The first-order valence-electron chi connectivity index (χ1n) is 5.49. The van der Waals surface area contributed by atoms with Crippen LogP contribution in [0.2, 0.25) is 5.15 Å². The molecule has 6 heteroatoms.